The van der Waals surface area contributed by atoms with Crippen molar-refractivity contribution in [3.63, 3.8) is 0 Å². The Morgan fingerprint density at radius 2 is 1.97 bits per heavy atom. The molecule has 0 unspecified atom stereocenters. The van der Waals surface area contributed by atoms with Gasteiger partial charge in [0.25, 0.3) is 0 Å². The number of nitrogens with one attached hydrogen (secondary N) is 1. The van der Waals surface area contributed by atoms with Gasteiger partial charge in [0.05, 0.1) is 16.3 Å². The van der Waals surface area contributed by atoms with Gasteiger partial charge in [0.2, 0.25) is 15.9 Å². The van der Waals surface area contributed by atoms with E-state index in [1.165, 1.54) is 21.0 Å². The standard InChI is InChI=1S/C21H23N3O5S/c1-14-6-3-4-8-17(14)22-20(25)15-7-5-11-24(13-15)30(27,28)16-9-10-18-19(12-16)29-21(26)23(18)2/h3-4,6,8-10,12,15H,5,7,11,13H2,1-2H3,(H,22,25)/t15-/m1/s1. The van der Waals surface area contributed by atoms with Crippen LogP contribution in [-0.2, 0) is 21.9 Å². The molecule has 4 rings (SSSR count). The molecule has 0 bridgehead atoms. The molecular formula is C21H23N3O5S. The Labute approximate surface area is 174 Å². The summed E-state index contributed by atoms with van der Waals surface area (Å²) in [7, 11) is -2.26. The van der Waals surface area contributed by atoms with Crippen LogP contribution in [0.25, 0.3) is 11.1 Å². The van der Waals surface area contributed by atoms with Crippen LogP contribution in [0.1, 0.15) is 18.4 Å². The van der Waals surface area contributed by atoms with Gasteiger partial charge in [0.1, 0.15) is 0 Å². The fourth-order valence-electron chi connectivity index (χ4n) is 3.75. The predicted molar refractivity (Wildman–Crippen MR) is 113 cm³/mol. The number of para-hydroxylation sites is 1. The molecule has 1 N–H and O–H groups in total. The largest absolute Gasteiger partial charge is 0.419 e. The van der Waals surface area contributed by atoms with Gasteiger partial charge in [-0.1, -0.05) is 18.2 Å². The van der Waals surface area contributed by atoms with Crippen molar-refractivity contribution in [2.75, 3.05) is 18.4 Å². The van der Waals surface area contributed by atoms with Crippen LogP contribution in [0.4, 0.5) is 5.69 Å². The topological polar surface area (TPSA) is 102 Å². The van der Waals surface area contributed by atoms with Crippen LogP contribution in [0.3, 0.4) is 0 Å². The number of piperidine rings is 1. The Morgan fingerprint density at radius 3 is 2.73 bits per heavy atom. The second-order valence-corrected chi connectivity index (χ2v) is 9.50. The lowest BCUT2D eigenvalue weighted by molar-refractivity contribution is -0.120. The molecule has 1 saturated heterocycles. The molecule has 0 aliphatic carbocycles. The van der Waals surface area contributed by atoms with Crippen molar-refractivity contribution in [1.29, 1.82) is 0 Å². The fourth-order valence-corrected chi connectivity index (χ4v) is 5.29. The number of carbonyl (C=O) groups excluding carboxylic acids is 1. The molecule has 8 nitrogen and oxygen atoms in total. The summed E-state index contributed by atoms with van der Waals surface area (Å²) < 4.78 is 34.1. The normalized spacial score (nSPS) is 17.9. The first-order valence-corrected chi connectivity index (χ1v) is 11.2. The van der Waals surface area contributed by atoms with Gasteiger partial charge in [-0.15, -0.1) is 0 Å². The van der Waals surface area contributed by atoms with Gasteiger partial charge >= 0.3 is 5.76 Å². The molecule has 9 heteroatoms. The number of carbonyl (C=O) groups is 1. The number of hydrogen-bond acceptors (Lipinski definition) is 5. The van der Waals surface area contributed by atoms with Gasteiger partial charge in [-0.25, -0.2) is 13.2 Å². The van der Waals surface area contributed by atoms with Crippen LogP contribution in [0.2, 0.25) is 0 Å². The molecule has 1 atom stereocenters. The number of anilines is 1. The zero-order valence-electron chi connectivity index (χ0n) is 16.8. The highest BCUT2D eigenvalue weighted by Crippen LogP contribution is 2.27. The van der Waals surface area contributed by atoms with E-state index in [4.69, 9.17) is 4.42 Å². The average Bonchev–Trinajstić information content (AvgIpc) is 3.03. The van der Waals surface area contributed by atoms with E-state index >= 15 is 0 Å². The third kappa shape index (κ3) is 3.66. The molecule has 0 saturated carbocycles. The zero-order valence-corrected chi connectivity index (χ0v) is 17.6. The number of aromatic nitrogens is 1. The first-order chi connectivity index (χ1) is 14.3. The molecule has 0 spiro atoms. The van der Waals surface area contributed by atoms with E-state index in [0.717, 1.165) is 11.3 Å². The number of sulfonamides is 1. The molecule has 1 fully saturated rings. The van der Waals surface area contributed by atoms with Gasteiger partial charge < -0.3 is 9.73 Å². The zero-order chi connectivity index (χ0) is 21.5. The maximum absolute atomic E-state index is 13.2. The molecule has 2 aromatic carbocycles. The first kappa shape index (κ1) is 20.4. The van der Waals surface area contributed by atoms with E-state index in [-0.39, 0.29) is 22.9 Å². The Hall–Kier alpha value is -2.91. The number of nitrogens with zero attached hydrogens (tertiary/aromatic N) is 2. The van der Waals surface area contributed by atoms with E-state index in [0.29, 0.717) is 24.9 Å². The Kier molecular flexibility index (Phi) is 5.25. The fraction of sp³-hybridized carbons (Fsp3) is 0.333. The van der Waals surface area contributed by atoms with Crippen molar-refractivity contribution in [3.8, 4) is 0 Å². The summed E-state index contributed by atoms with van der Waals surface area (Å²) in [6.07, 6.45) is 1.21. The second kappa shape index (κ2) is 7.73. The molecule has 30 heavy (non-hydrogen) atoms. The molecular weight excluding hydrogens is 406 g/mol. The van der Waals surface area contributed by atoms with Crippen LogP contribution < -0.4 is 11.1 Å². The minimum absolute atomic E-state index is 0.0457. The molecule has 3 aromatic rings. The van der Waals surface area contributed by atoms with Crippen LogP contribution in [0, 0.1) is 12.8 Å². The Balaban J connectivity index is 1.55. The number of rotatable bonds is 4. The number of hydrogen-bond donors (Lipinski definition) is 1. The molecule has 158 valence electrons. The third-order valence-corrected chi connectivity index (χ3v) is 7.42. The van der Waals surface area contributed by atoms with Crippen molar-refractivity contribution < 1.29 is 17.6 Å². The van der Waals surface area contributed by atoms with Crippen molar-refractivity contribution in [2.45, 2.75) is 24.7 Å². The van der Waals surface area contributed by atoms with E-state index in [2.05, 4.69) is 5.32 Å². The number of amides is 1. The molecule has 1 aromatic heterocycles. The van der Waals surface area contributed by atoms with E-state index < -0.39 is 21.7 Å². The predicted octanol–water partition coefficient (Wildman–Crippen LogP) is 2.48. The van der Waals surface area contributed by atoms with Crippen LogP contribution in [0.5, 0.6) is 0 Å². The summed E-state index contributed by atoms with van der Waals surface area (Å²) in [5.41, 5.74) is 2.42. The van der Waals surface area contributed by atoms with E-state index in [1.54, 1.807) is 13.1 Å². The Bertz CT molecular complexity index is 1280. The molecule has 1 aliphatic heterocycles. The number of fused-ring (bicyclic) bond motifs is 1. The van der Waals surface area contributed by atoms with Gasteiger partial charge in [-0.3, -0.25) is 9.36 Å². The van der Waals surface area contributed by atoms with Gasteiger partial charge in [0, 0.05) is 31.9 Å². The van der Waals surface area contributed by atoms with Gasteiger partial charge in [-0.2, -0.15) is 4.31 Å². The summed E-state index contributed by atoms with van der Waals surface area (Å²) in [6.45, 7) is 2.36. The first-order valence-electron chi connectivity index (χ1n) is 9.73. The van der Waals surface area contributed by atoms with Crippen molar-refractivity contribution >= 4 is 32.7 Å². The lowest BCUT2D eigenvalue weighted by Crippen LogP contribution is -2.43. The van der Waals surface area contributed by atoms with Crippen molar-refractivity contribution in [3.05, 3.63) is 58.6 Å². The molecule has 0 radical (unpaired) electrons. The highest BCUT2D eigenvalue weighted by molar-refractivity contribution is 7.89. The minimum atomic E-state index is -3.82. The van der Waals surface area contributed by atoms with Crippen LogP contribution >= 0.6 is 0 Å². The van der Waals surface area contributed by atoms with E-state index in [9.17, 15) is 18.0 Å². The summed E-state index contributed by atoms with van der Waals surface area (Å²) in [6, 6.07) is 11.9. The van der Waals surface area contributed by atoms with Crippen molar-refractivity contribution in [1.82, 2.24) is 8.87 Å². The number of benzene rings is 2. The van der Waals surface area contributed by atoms with Crippen molar-refractivity contribution in [2.24, 2.45) is 13.0 Å². The van der Waals surface area contributed by atoms with E-state index in [1.807, 2.05) is 31.2 Å². The SMILES string of the molecule is Cc1ccccc1NC(=O)[C@@H]1CCCN(S(=O)(=O)c2ccc3c(c2)oc(=O)n3C)C1. The maximum Gasteiger partial charge on any atom is 0.419 e. The molecule has 1 amide bonds. The minimum Gasteiger partial charge on any atom is -0.408 e. The highest BCUT2D eigenvalue weighted by Gasteiger charge is 2.33. The Morgan fingerprint density at radius 1 is 1.20 bits per heavy atom. The summed E-state index contributed by atoms with van der Waals surface area (Å²) in [5.74, 6) is -1.18. The molecule has 2 heterocycles. The average molecular weight is 429 g/mol. The van der Waals surface area contributed by atoms with Gasteiger partial charge in [0.15, 0.2) is 5.58 Å². The third-order valence-electron chi connectivity index (χ3n) is 5.56. The monoisotopic (exact) mass is 429 g/mol. The summed E-state index contributed by atoms with van der Waals surface area (Å²) in [5, 5.41) is 2.91. The quantitative estimate of drug-likeness (QED) is 0.687. The van der Waals surface area contributed by atoms with Crippen LogP contribution in [0.15, 0.2) is 56.6 Å². The summed E-state index contributed by atoms with van der Waals surface area (Å²) in [4.78, 5) is 24.5. The summed E-state index contributed by atoms with van der Waals surface area (Å²) >= 11 is 0. The smallest absolute Gasteiger partial charge is 0.408 e. The molecule has 1 aliphatic rings. The number of oxazole rings is 1. The lowest BCUT2D eigenvalue weighted by Gasteiger charge is -2.31. The number of aryl methyl sites for hydroxylation is 2. The lowest BCUT2D eigenvalue weighted by atomic mass is 9.98. The highest BCUT2D eigenvalue weighted by atomic mass is 32.2. The second-order valence-electron chi connectivity index (χ2n) is 7.56. The van der Waals surface area contributed by atoms with Crippen LogP contribution in [-0.4, -0.2) is 36.3 Å². The maximum atomic E-state index is 13.2. The van der Waals surface area contributed by atoms with Gasteiger partial charge in [-0.05, 0) is 43.5 Å².